The van der Waals surface area contributed by atoms with E-state index in [9.17, 15) is 13.2 Å². The third kappa shape index (κ3) is 3.95. The van der Waals surface area contributed by atoms with Crippen molar-refractivity contribution in [3.8, 4) is 6.01 Å². The van der Waals surface area contributed by atoms with Crippen molar-refractivity contribution in [1.82, 2.24) is 24.9 Å². The Bertz CT molecular complexity index is 919. The number of hydrogen-bond donors (Lipinski definition) is 2. The van der Waals surface area contributed by atoms with Gasteiger partial charge in [-0.2, -0.15) is 22.7 Å². The van der Waals surface area contributed by atoms with Gasteiger partial charge in [0.25, 0.3) is 0 Å². The van der Waals surface area contributed by atoms with Crippen molar-refractivity contribution >= 4 is 17.3 Å². The highest BCUT2D eigenvalue weighted by Crippen LogP contribution is 2.30. The lowest BCUT2D eigenvalue weighted by Crippen LogP contribution is -2.37. The third-order valence-corrected chi connectivity index (χ3v) is 4.21. The number of aromatic nitrogens is 4. The minimum atomic E-state index is -4.37. The van der Waals surface area contributed by atoms with Crippen LogP contribution in [-0.2, 0) is 6.18 Å². The standard InChI is InChI=1S/C17H17F3N6O/c18-17(19,20)11-3-5-12(6-4-11)23-15-24-14-7-9-22-16(26(14)25-15)27-13-2-1-8-21-10-13/h3-7,9,13,21H,1-2,8,10H2,(H,23,25). The number of nitrogens with one attached hydrogen (secondary N) is 2. The summed E-state index contributed by atoms with van der Waals surface area (Å²) in [5.74, 6) is 0.245. The molecule has 0 spiro atoms. The first-order valence-electron chi connectivity index (χ1n) is 8.52. The fraction of sp³-hybridized carbons (Fsp3) is 0.353. The SMILES string of the molecule is FC(F)(F)c1ccc(Nc2nc3ccnc(OC4CCCNC4)n3n2)cc1. The molecule has 0 bridgehead atoms. The monoisotopic (exact) mass is 378 g/mol. The smallest absolute Gasteiger partial charge is 0.416 e. The fourth-order valence-corrected chi connectivity index (χ4v) is 2.87. The lowest BCUT2D eigenvalue weighted by Gasteiger charge is -2.23. The van der Waals surface area contributed by atoms with Gasteiger partial charge in [-0.25, -0.2) is 4.98 Å². The van der Waals surface area contributed by atoms with E-state index in [4.69, 9.17) is 4.74 Å². The van der Waals surface area contributed by atoms with Crippen LogP contribution in [0.5, 0.6) is 6.01 Å². The van der Waals surface area contributed by atoms with E-state index in [1.807, 2.05) is 0 Å². The molecule has 0 aliphatic carbocycles. The second-order valence-corrected chi connectivity index (χ2v) is 6.22. The molecule has 3 heterocycles. The van der Waals surface area contributed by atoms with Crippen molar-refractivity contribution in [3.05, 3.63) is 42.1 Å². The first kappa shape index (κ1) is 17.5. The Morgan fingerprint density at radius 2 is 2.00 bits per heavy atom. The lowest BCUT2D eigenvalue weighted by molar-refractivity contribution is -0.137. The highest BCUT2D eigenvalue weighted by molar-refractivity contribution is 5.56. The zero-order valence-corrected chi connectivity index (χ0v) is 14.2. The van der Waals surface area contributed by atoms with Gasteiger partial charge in [0.05, 0.1) is 5.56 Å². The Balaban J connectivity index is 1.53. The second kappa shape index (κ2) is 7.03. The number of alkyl halides is 3. The van der Waals surface area contributed by atoms with Crippen LogP contribution >= 0.6 is 0 Å². The van der Waals surface area contributed by atoms with Crippen LogP contribution in [0.25, 0.3) is 5.65 Å². The van der Waals surface area contributed by atoms with E-state index in [1.54, 1.807) is 12.3 Å². The van der Waals surface area contributed by atoms with Gasteiger partial charge in [0.2, 0.25) is 5.95 Å². The molecule has 10 heteroatoms. The van der Waals surface area contributed by atoms with Gasteiger partial charge < -0.3 is 15.4 Å². The first-order valence-corrected chi connectivity index (χ1v) is 8.52. The van der Waals surface area contributed by atoms with Gasteiger partial charge in [-0.1, -0.05) is 0 Å². The van der Waals surface area contributed by atoms with Crippen molar-refractivity contribution in [2.75, 3.05) is 18.4 Å². The first-order chi connectivity index (χ1) is 13.0. The molecule has 1 fully saturated rings. The zero-order chi connectivity index (χ0) is 18.9. The molecule has 1 aromatic carbocycles. The van der Waals surface area contributed by atoms with Crippen LogP contribution in [0, 0.1) is 0 Å². The number of ether oxygens (including phenoxy) is 1. The van der Waals surface area contributed by atoms with Gasteiger partial charge in [0.1, 0.15) is 6.10 Å². The molecule has 142 valence electrons. The molecule has 2 aromatic heterocycles. The highest BCUT2D eigenvalue weighted by atomic mass is 19.4. The molecule has 1 aliphatic rings. The summed E-state index contributed by atoms with van der Waals surface area (Å²) in [5, 5.41) is 10.5. The molecule has 3 aromatic rings. The van der Waals surface area contributed by atoms with Crippen molar-refractivity contribution in [2.45, 2.75) is 25.1 Å². The molecular formula is C17H17F3N6O. The van der Waals surface area contributed by atoms with Crippen LogP contribution < -0.4 is 15.4 Å². The second-order valence-electron chi connectivity index (χ2n) is 6.22. The Hall–Kier alpha value is -2.88. The number of benzene rings is 1. The van der Waals surface area contributed by atoms with Crippen molar-refractivity contribution in [3.63, 3.8) is 0 Å². The van der Waals surface area contributed by atoms with Crippen molar-refractivity contribution < 1.29 is 17.9 Å². The van der Waals surface area contributed by atoms with Crippen LogP contribution in [0.15, 0.2) is 36.5 Å². The third-order valence-electron chi connectivity index (χ3n) is 4.21. The van der Waals surface area contributed by atoms with E-state index < -0.39 is 11.7 Å². The van der Waals surface area contributed by atoms with Crippen LogP contribution in [-0.4, -0.2) is 38.8 Å². The Kier molecular flexibility index (Phi) is 4.56. The predicted molar refractivity (Wildman–Crippen MR) is 92.0 cm³/mol. The molecule has 0 amide bonds. The molecular weight excluding hydrogens is 361 g/mol. The lowest BCUT2D eigenvalue weighted by atomic mass is 10.1. The maximum Gasteiger partial charge on any atom is 0.416 e. The van der Waals surface area contributed by atoms with E-state index in [1.165, 1.54) is 16.6 Å². The molecule has 1 unspecified atom stereocenters. The number of rotatable bonds is 4. The van der Waals surface area contributed by atoms with Gasteiger partial charge in [0.15, 0.2) is 5.65 Å². The average Bonchev–Trinajstić information content (AvgIpc) is 3.06. The molecule has 1 saturated heterocycles. The largest absolute Gasteiger partial charge is 0.459 e. The number of anilines is 2. The van der Waals surface area contributed by atoms with Crippen LogP contribution in [0.2, 0.25) is 0 Å². The zero-order valence-electron chi connectivity index (χ0n) is 14.2. The van der Waals surface area contributed by atoms with E-state index in [0.29, 0.717) is 17.3 Å². The quantitative estimate of drug-likeness (QED) is 0.727. The maximum absolute atomic E-state index is 12.6. The predicted octanol–water partition coefficient (Wildman–Crippen LogP) is 3.02. The molecule has 7 nitrogen and oxygen atoms in total. The van der Waals surface area contributed by atoms with Crippen molar-refractivity contribution in [2.24, 2.45) is 0 Å². The highest BCUT2D eigenvalue weighted by Gasteiger charge is 2.30. The van der Waals surface area contributed by atoms with E-state index >= 15 is 0 Å². The van der Waals surface area contributed by atoms with Crippen LogP contribution in [0.1, 0.15) is 18.4 Å². The van der Waals surface area contributed by atoms with Gasteiger partial charge in [0, 0.05) is 24.5 Å². The van der Waals surface area contributed by atoms with Crippen LogP contribution in [0.3, 0.4) is 0 Å². The molecule has 1 aliphatic heterocycles. The van der Waals surface area contributed by atoms with Gasteiger partial charge in [-0.15, -0.1) is 5.10 Å². The summed E-state index contributed by atoms with van der Waals surface area (Å²) in [5.41, 5.74) is 0.265. The Morgan fingerprint density at radius 3 is 2.70 bits per heavy atom. The van der Waals surface area contributed by atoms with E-state index in [-0.39, 0.29) is 12.1 Å². The molecule has 0 saturated carbocycles. The number of nitrogens with zero attached hydrogens (tertiary/aromatic N) is 4. The van der Waals surface area contributed by atoms with Crippen molar-refractivity contribution in [1.29, 1.82) is 0 Å². The minimum absolute atomic E-state index is 0.00683. The summed E-state index contributed by atoms with van der Waals surface area (Å²) in [4.78, 5) is 8.53. The summed E-state index contributed by atoms with van der Waals surface area (Å²) in [7, 11) is 0. The molecule has 4 rings (SSSR count). The molecule has 27 heavy (non-hydrogen) atoms. The van der Waals surface area contributed by atoms with Gasteiger partial charge >= 0.3 is 12.2 Å². The number of fused-ring (bicyclic) bond motifs is 1. The fourth-order valence-electron chi connectivity index (χ4n) is 2.87. The summed E-state index contributed by atoms with van der Waals surface area (Å²) >= 11 is 0. The summed E-state index contributed by atoms with van der Waals surface area (Å²) in [6.07, 6.45) is -0.828. The number of hydrogen-bond acceptors (Lipinski definition) is 6. The summed E-state index contributed by atoms with van der Waals surface area (Å²) < 4.78 is 45.3. The minimum Gasteiger partial charge on any atom is -0.459 e. The van der Waals surface area contributed by atoms with Gasteiger partial charge in [-0.3, -0.25) is 0 Å². The average molecular weight is 378 g/mol. The topological polar surface area (TPSA) is 76.4 Å². The molecule has 0 radical (unpaired) electrons. The Labute approximate surface area is 152 Å². The van der Waals surface area contributed by atoms with E-state index in [2.05, 4.69) is 25.7 Å². The Morgan fingerprint density at radius 1 is 1.19 bits per heavy atom. The molecule has 2 N–H and O–H groups in total. The van der Waals surface area contributed by atoms with E-state index in [0.717, 1.165) is 38.1 Å². The maximum atomic E-state index is 12.6. The summed E-state index contributed by atoms with van der Waals surface area (Å²) in [6, 6.07) is 6.68. The number of halogens is 3. The van der Waals surface area contributed by atoms with Gasteiger partial charge in [-0.05, 0) is 43.7 Å². The normalized spacial score (nSPS) is 17.8. The summed E-state index contributed by atoms with van der Waals surface area (Å²) in [6.45, 7) is 1.71. The van der Waals surface area contributed by atoms with Crippen LogP contribution in [0.4, 0.5) is 24.8 Å². The number of piperidine rings is 1. The molecule has 1 atom stereocenters.